The molecule has 0 spiro atoms. The van der Waals surface area contributed by atoms with Crippen LogP contribution in [0.25, 0.3) is 0 Å². The summed E-state index contributed by atoms with van der Waals surface area (Å²) in [5.74, 6) is -0.472. The van der Waals surface area contributed by atoms with Crippen LogP contribution in [0.1, 0.15) is 34.9 Å². The van der Waals surface area contributed by atoms with Crippen molar-refractivity contribution in [2.24, 2.45) is 11.5 Å². The number of amides is 1. The van der Waals surface area contributed by atoms with Crippen molar-refractivity contribution in [1.82, 2.24) is 9.97 Å². The lowest BCUT2D eigenvalue weighted by atomic mass is 9.94. The van der Waals surface area contributed by atoms with E-state index in [-0.39, 0.29) is 12.4 Å². The minimum Gasteiger partial charge on any atom is -0.391 e. The van der Waals surface area contributed by atoms with Gasteiger partial charge in [-0.2, -0.15) is 0 Å². The van der Waals surface area contributed by atoms with Gasteiger partial charge in [-0.15, -0.1) is 0 Å². The molecule has 1 aliphatic rings. The van der Waals surface area contributed by atoms with Gasteiger partial charge in [-0.3, -0.25) is 9.78 Å². The van der Waals surface area contributed by atoms with Gasteiger partial charge in [-0.25, -0.2) is 9.37 Å². The maximum absolute atomic E-state index is 13.6. The van der Waals surface area contributed by atoms with Crippen molar-refractivity contribution in [3.63, 3.8) is 0 Å². The summed E-state index contributed by atoms with van der Waals surface area (Å²) in [5, 5.41) is 13.2. The van der Waals surface area contributed by atoms with E-state index in [1.165, 1.54) is 12.1 Å². The van der Waals surface area contributed by atoms with E-state index in [0.29, 0.717) is 61.1 Å². The molecule has 8 nitrogen and oxygen atoms in total. The molecule has 178 valence electrons. The number of anilines is 2. The number of aliphatic hydroxyl groups is 1. The Morgan fingerprint density at radius 1 is 1.21 bits per heavy atom. The molecule has 6 N–H and O–H groups in total. The average molecular weight is 465 g/mol. The van der Waals surface area contributed by atoms with Gasteiger partial charge in [0.05, 0.1) is 17.5 Å². The number of hydrogen-bond acceptors (Lipinski definition) is 7. The highest BCUT2D eigenvalue weighted by atomic mass is 19.1. The van der Waals surface area contributed by atoms with Crippen LogP contribution in [0.5, 0.6) is 0 Å². The number of nitrogens with one attached hydrogen (secondary N) is 1. The third kappa shape index (κ3) is 5.49. The number of halogens is 1. The molecule has 2 unspecified atom stereocenters. The Kier molecular flexibility index (Phi) is 7.34. The number of carbonyl (C=O) groups is 1. The van der Waals surface area contributed by atoms with Crippen molar-refractivity contribution in [1.29, 1.82) is 0 Å². The number of pyridine rings is 2. The molecule has 4 rings (SSSR count). The van der Waals surface area contributed by atoms with Crippen LogP contribution in [0, 0.1) is 5.82 Å². The molecule has 1 amide bonds. The van der Waals surface area contributed by atoms with Crippen molar-refractivity contribution < 1.29 is 14.3 Å². The van der Waals surface area contributed by atoms with Gasteiger partial charge in [0, 0.05) is 31.7 Å². The topological polar surface area (TPSA) is 130 Å². The molecule has 1 aromatic carbocycles. The Hall–Kier alpha value is -3.56. The Labute approximate surface area is 197 Å². The molecule has 9 heteroatoms. The highest BCUT2D eigenvalue weighted by molar-refractivity contribution is 5.87. The van der Waals surface area contributed by atoms with Crippen LogP contribution < -0.4 is 21.7 Å². The molecular weight excluding hydrogens is 435 g/mol. The lowest BCUT2D eigenvalue weighted by Crippen LogP contribution is -2.27. The maximum Gasteiger partial charge on any atom is 0.231 e. The molecule has 1 fully saturated rings. The lowest BCUT2D eigenvalue weighted by Gasteiger charge is -2.22. The van der Waals surface area contributed by atoms with E-state index < -0.39 is 17.9 Å². The summed E-state index contributed by atoms with van der Waals surface area (Å²) in [6, 6.07) is 15.4. The molecular formula is C25H29FN6O2. The van der Waals surface area contributed by atoms with Crippen LogP contribution in [0.15, 0.2) is 54.6 Å². The Bertz CT molecular complexity index is 1160. The van der Waals surface area contributed by atoms with Crippen LogP contribution in [0.4, 0.5) is 16.0 Å². The van der Waals surface area contributed by atoms with Gasteiger partial charge in [0.1, 0.15) is 23.4 Å². The van der Waals surface area contributed by atoms with E-state index in [4.69, 9.17) is 16.5 Å². The van der Waals surface area contributed by atoms with Crippen molar-refractivity contribution in [2.45, 2.75) is 31.4 Å². The zero-order chi connectivity index (χ0) is 24.1. The molecule has 3 heterocycles. The minimum atomic E-state index is -0.825. The summed E-state index contributed by atoms with van der Waals surface area (Å²) in [6.45, 7) is 1.90. The first-order valence-electron chi connectivity index (χ1n) is 11.3. The monoisotopic (exact) mass is 464 g/mol. The molecule has 34 heavy (non-hydrogen) atoms. The van der Waals surface area contributed by atoms with Gasteiger partial charge in [-0.1, -0.05) is 24.3 Å². The summed E-state index contributed by atoms with van der Waals surface area (Å²) in [7, 11) is 0. The number of nitrogens with two attached hydrogens (primary N) is 2. The Morgan fingerprint density at radius 2 is 2.03 bits per heavy atom. The fourth-order valence-corrected chi connectivity index (χ4v) is 4.21. The number of aliphatic hydroxyl groups excluding tert-OH is 1. The number of rotatable bonds is 9. The molecule has 1 aliphatic heterocycles. The first-order valence-corrected chi connectivity index (χ1v) is 11.3. The van der Waals surface area contributed by atoms with E-state index in [1.807, 2.05) is 23.1 Å². The van der Waals surface area contributed by atoms with Crippen molar-refractivity contribution in [3.05, 3.63) is 82.9 Å². The van der Waals surface area contributed by atoms with Crippen molar-refractivity contribution >= 4 is 17.5 Å². The number of primary amides is 1. The third-order valence-electron chi connectivity index (χ3n) is 5.92. The van der Waals surface area contributed by atoms with Crippen LogP contribution in [0.2, 0.25) is 0 Å². The first-order chi connectivity index (χ1) is 16.4. The second kappa shape index (κ2) is 10.6. The highest BCUT2D eigenvalue weighted by Gasteiger charge is 2.28. The lowest BCUT2D eigenvalue weighted by molar-refractivity contribution is -0.118. The molecule has 1 saturated heterocycles. The van der Waals surface area contributed by atoms with Gasteiger partial charge in [0.25, 0.3) is 0 Å². The van der Waals surface area contributed by atoms with E-state index in [0.717, 1.165) is 5.56 Å². The van der Waals surface area contributed by atoms with Gasteiger partial charge < -0.3 is 26.8 Å². The second-order valence-corrected chi connectivity index (χ2v) is 8.40. The Morgan fingerprint density at radius 3 is 2.74 bits per heavy atom. The van der Waals surface area contributed by atoms with Crippen LogP contribution >= 0.6 is 0 Å². The van der Waals surface area contributed by atoms with Crippen LogP contribution in [-0.4, -0.2) is 46.7 Å². The number of hydrogen-bond donors (Lipinski definition) is 4. The van der Waals surface area contributed by atoms with E-state index in [1.54, 1.807) is 24.3 Å². The van der Waals surface area contributed by atoms with Crippen LogP contribution in [0.3, 0.4) is 0 Å². The molecule has 2 atom stereocenters. The highest BCUT2D eigenvalue weighted by Crippen LogP contribution is 2.31. The van der Waals surface area contributed by atoms with Gasteiger partial charge in [0.2, 0.25) is 5.91 Å². The number of nitrogens with zero attached hydrogens (tertiary/aromatic N) is 3. The Balaban J connectivity index is 1.66. The number of aromatic nitrogens is 2. The summed E-state index contributed by atoms with van der Waals surface area (Å²) < 4.78 is 13.6. The standard InChI is InChI=1S/C25H29FN6O2/c26-17-4-1-3-16(13-17)9-11-29-25-20(7-8-22(31-25)32-12-10-19(33)15-32)23(24(28)34)21-6-2-5-18(14-27)30-21/h1-8,13,19,23,33H,9-12,14-15,27H2,(H2,28,34)(H,29,31). The molecule has 0 bridgehead atoms. The quantitative estimate of drug-likeness (QED) is 0.381. The normalized spacial score (nSPS) is 16.4. The fraction of sp³-hybridized carbons (Fsp3) is 0.320. The predicted octanol–water partition coefficient (Wildman–Crippen LogP) is 1.92. The van der Waals surface area contributed by atoms with Crippen LogP contribution in [-0.2, 0) is 17.8 Å². The molecule has 0 aliphatic carbocycles. The van der Waals surface area contributed by atoms with E-state index in [2.05, 4.69) is 10.3 Å². The van der Waals surface area contributed by atoms with E-state index in [9.17, 15) is 14.3 Å². The summed E-state index contributed by atoms with van der Waals surface area (Å²) in [4.78, 5) is 23.9. The SMILES string of the molecule is NCc1cccc(C(C(N)=O)c2ccc(N3CCC(O)C3)nc2NCCc2cccc(F)c2)n1. The second-order valence-electron chi connectivity index (χ2n) is 8.40. The molecule has 0 radical (unpaired) electrons. The van der Waals surface area contributed by atoms with Crippen molar-refractivity contribution in [2.75, 3.05) is 29.9 Å². The first kappa shape index (κ1) is 23.6. The smallest absolute Gasteiger partial charge is 0.231 e. The molecule has 2 aromatic heterocycles. The maximum atomic E-state index is 13.6. The third-order valence-corrected chi connectivity index (χ3v) is 5.92. The summed E-state index contributed by atoms with van der Waals surface area (Å²) in [6.07, 6.45) is 0.839. The zero-order valence-electron chi connectivity index (χ0n) is 18.8. The van der Waals surface area contributed by atoms with Gasteiger partial charge >= 0.3 is 0 Å². The number of carbonyl (C=O) groups excluding carboxylic acids is 1. The largest absolute Gasteiger partial charge is 0.391 e. The van der Waals surface area contributed by atoms with Gasteiger partial charge in [0.15, 0.2) is 0 Å². The number of benzene rings is 1. The van der Waals surface area contributed by atoms with E-state index >= 15 is 0 Å². The number of β-amino-alcohol motifs (C(OH)–C–C–N with tert-alkyl or cyclic N) is 1. The summed E-state index contributed by atoms with van der Waals surface area (Å²) in [5.41, 5.74) is 14.2. The minimum absolute atomic E-state index is 0.243. The van der Waals surface area contributed by atoms with Crippen molar-refractivity contribution in [3.8, 4) is 0 Å². The molecule has 0 saturated carbocycles. The molecule has 3 aromatic rings. The fourth-order valence-electron chi connectivity index (χ4n) is 4.21. The van der Waals surface area contributed by atoms with Gasteiger partial charge in [-0.05, 0) is 48.7 Å². The zero-order valence-corrected chi connectivity index (χ0v) is 18.8. The predicted molar refractivity (Wildman–Crippen MR) is 129 cm³/mol. The summed E-state index contributed by atoms with van der Waals surface area (Å²) >= 11 is 0. The average Bonchev–Trinajstić information content (AvgIpc) is 3.26.